The number of H-pyrrole nitrogens is 1. The third-order valence-corrected chi connectivity index (χ3v) is 2.64. The van der Waals surface area contributed by atoms with Crippen molar-refractivity contribution in [3.8, 4) is 0 Å². The van der Waals surface area contributed by atoms with Crippen molar-refractivity contribution in [2.75, 3.05) is 0 Å². The monoisotopic (exact) mass is 234 g/mol. The lowest BCUT2D eigenvalue weighted by Gasteiger charge is -2.18. The number of hydrogen-bond acceptors (Lipinski definition) is 2. The fourth-order valence-electron chi connectivity index (χ4n) is 1.78. The number of hydrogen-bond donors (Lipinski definition) is 2. The number of carboxylic acid groups (broad SMARTS) is 1. The van der Waals surface area contributed by atoms with E-state index in [-0.39, 0.29) is 0 Å². The zero-order valence-electron chi connectivity index (χ0n) is 8.08. The Hall–Kier alpha value is -1.53. The molecule has 1 aromatic rings. The van der Waals surface area contributed by atoms with Gasteiger partial charge in [-0.25, -0.2) is 4.79 Å². The summed E-state index contributed by atoms with van der Waals surface area (Å²) < 4.78 is 38.3. The zero-order valence-corrected chi connectivity index (χ0v) is 8.08. The number of carboxylic acids is 1. The third-order valence-electron chi connectivity index (χ3n) is 2.64. The van der Waals surface area contributed by atoms with E-state index in [4.69, 9.17) is 5.11 Å². The van der Waals surface area contributed by atoms with E-state index in [1.807, 2.05) is 0 Å². The molecule has 1 aromatic heterocycles. The molecule has 1 atom stereocenters. The highest BCUT2D eigenvalue weighted by Crippen LogP contribution is 2.51. The van der Waals surface area contributed by atoms with E-state index in [0.29, 0.717) is 12.8 Å². The number of rotatable bonds is 3. The lowest BCUT2D eigenvalue weighted by molar-refractivity contribution is -0.156. The Bertz CT molecular complexity index is 409. The summed E-state index contributed by atoms with van der Waals surface area (Å²) in [7, 11) is 0. The molecule has 0 saturated heterocycles. The maximum atomic E-state index is 12.8. The van der Waals surface area contributed by atoms with E-state index in [2.05, 4.69) is 10.2 Å². The van der Waals surface area contributed by atoms with E-state index in [1.54, 1.807) is 0 Å². The fourth-order valence-corrected chi connectivity index (χ4v) is 1.78. The number of nitrogens with zero attached hydrogens (tertiary/aromatic N) is 1. The molecule has 1 heterocycles. The van der Waals surface area contributed by atoms with Crippen LogP contribution in [0.4, 0.5) is 13.2 Å². The Balaban J connectivity index is 2.39. The largest absolute Gasteiger partial charge is 0.478 e. The summed E-state index contributed by atoms with van der Waals surface area (Å²) in [5.74, 6) is -3.68. The minimum absolute atomic E-state index is 0.394. The Kier molecular flexibility index (Phi) is 2.40. The second-order valence-corrected chi connectivity index (χ2v) is 3.85. The molecule has 1 fully saturated rings. The van der Waals surface area contributed by atoms with Crippen LogP contribution in [-0.2, 0) is 0 Å². The molecule has 0 bridgehead atoms. The van der Waals surface area contributed by atoms with Crippen LogP contribution in [-0.4, -0.2) is 27.4 Å². The first kappa shape index (κ1) is 11.0. The van der Waals surface area contributed by atoms with E-state index in [0.717, 1.165) is 6.20 Å². The Morgan fingerprint density at radius 2 is 2.19 bits per heavy atom. The number of alkyl halides is 3. The minimum Gasteiger partial charge on any atom is -0.478 e. The summed E-state index contributed by atoms with van der Waals surface area (Å²) in [5, 5.41) is 14.4. The van der Waals surface area contributed by atoms with Crippen molar-refractivity contribution in [2.45, 2.75) is 24.9 Å². The van der Waals surface area contributed by atoms with Gasteiger partial charge in [0.1, 0.15) is 11.5 Å². The van der Waals surface area contributed by atoms with E-state index >= 15 is 0 Å². The number of aromatic carboxylic acids is 1. The van der Waals surface area contributed by atoms with E-state index < -0.39 is 35.2 Å². The second kappa shape index (κ2) is 3.50. The SMILES string of the molecule is O=C(O)c1c[nH]nc1C(C1CC1)C(F)(F)F. The van der Waals surface area contributed by atoms with Crippen molar-refractivity contribution in [3.05, 3.63) is 17.5 Å². The highest BCUT2D eigenvalue weighted by atomic mass is 19.4. The number of halogens is 3. The average Bonchev–Trinajstić information content (AvgIpc) is 2.79. The Morgan fingerprint density at radius 1 is 1.56 bits per heavy atom. The lowest BCUT2D eigenvalue weighted by atomic mass is 9.96. The van der Waals surface area contributed by atoms with Gasteiger partial charge in [0.05, 0.1) is 5.69 Å². The van der Waals surface area contributed by atoms with Crippen LogP contribution in [0.1, 0.15) is 34.8 Å². The molecule has 1 unspecified atom stereocenters. The highest BCUT2D eigenvalue weighted by molar-refractivity contribution is 5.88. The molecule has 0 radical (unpaired) electrons. The maximum Gasteiger partial charge on any atom is 0.397 e. The van der Waals surface area contributed by atoms with Crippen LogP contribution in [0.15, 0.2) is 6.20 Å². The summed E-state index contributed by atoms with van der Waals surface area (Å²) in [6.45, 7) is 0. The van der Waals surface area contributed by atoms with Crippen LogP contribution in [0.25, 0.3) is 0 Å². The quantitative estimate of drug-likeness (QED) is 0.842. The molecular weight excluding hydrogens is 225 g/mol. The second-order valence-electron chi connectivity index (χ2n) is 3.85. The van der Waals surface area contributed by atoms with Crippen molar-refractivity contribution in [1.82, 2.24) is 10.2 Å². The van der Waals surface area contributed by atoms with Crippen LogP contribution in [0.2, 0.25) is 0 Å². The molecule has 1 saturated carbocycles. The van der Waals surface area contributed by atoms with Crippen molar-refractivity contribution in [1.29, 1.82) is 0 Å². The number of aromatic amines is 1. The van der Waals surface area contributed by atoms with E-state index in [1.165, 1.54) is 0 Å². The van der Waals surface area contributed by atoms with Crippen molar-refractivity contribution >= 4 is 5.97 Å². The molecule has 7 heteroatoms. The number of carbonyl (C=O) groups is 1. The van der Waals surface area contributed by atoms with Gasteiger partial charge in [0.15, 0.2) is 0 Å². The molecular formula is C9H9F3N2O2. The topological polar surface area (TPSA) is 66.0 Å². The third kappa shape index (κ3) is 1.89. The molecule has 0 amide bonds. The lowest BCUT2D eigenvalue weighted by Crippen LogP contribution is -2.24. The van der Waals surface area contributed by atoms with Gasteiger partial charge in [-0.05, 0) is 18.8 Å². The van der Waals surface area contributed by atoms with Crippen LogP contribution < -0.4 is 0 Å². The van der Waals surface area contributed by atoms with Crippen LogP contribution in [0.3, 0.4) is 0 Å². The van der Waals surface area contributed by atoms with Gasteiger partial charge in [0.2, 0.25) is 0 Å². The predicted octanol–water partition coefficient (Wildman–Crippen LogP) is 2.16. The van der Waals surface area contributed by atoms with E-state index in [9.17, 15) is 18.0 Å². The van der Waals surface area contributed by atoms with Gasteiger partial charge in [0, 0.05) is 6.20 Å². The summed E-state index contributed by atoms with van der Waals surface area (Å²) in [6, 6.07) is 0. The van der Waals surface area contributed by atoms with Gasteiger partial charge < -0.3 is 5.11 Å². The van der Waals surface area contributed by atoms with Gasteiger partial charge in [-0.3, -0.25) is 5.10 Å². The minimum atomic E-state index is -4.44. The van der Waals surface area contributed by atoms with Crippen LogP contribution in [0, 0.1) is 5.92 Å². The maximum absolute atomic E-state index is 12.8. The normalized spacial score (nSPS) is 18.4. The van der Waals surface area contributed by atoms with Crippen LogP contribution in [0.5, 0.6) is 0 Å². The molecule has 0 spiro atoms. The first-order valence-electron chi connectivity index (χ1n) is 4.75. The number of nitrogens with one attached hydrogen (secondary N) is 1. The first-order chi connectivity index (χ1) is 7.41. The molecule has 0 aliphatic heterocycles. The summed E-state index contributed by atoms with van der Waals surface area (Å²) in [4.78, 5) is 10.7. The Morgan fingerprint density at radius 3 is 2.62 bits per heavy atom. The van der Waals surface area contributed by atoms with Crippen molar-refractivity contribution < 1.29 is 23.1 Å². The van der Waals surface area contributed by atoms with Crippen molar-refractivity contribution in [2.24, 2.45) is 5.92 Å². The number of aromatic nitrogens is 2. The van der Waals surface area contributed by atoms with Gasteiger partial charge in [0.25, 0.3) is 0 Å². The average molecular weight is 234 g/mol. The van der Waals surface area contributed by atoms with Gasteiger partial charge >= 0.3 is 12.1 Å². The van der Waals surface area contributed by atoms with Crippen LogP contribution >= 0.6 is 0 Å². The molecule has 88 valence electrons. The van der Waals surface area contributed by atoms with Gasteiger partial charge in [-0.15, -0.1) is 0 Å². The Labute approximate surface area is 88.5 Å². The first-order valence-corrected chi connectivity index (χ1v) is 4.75. The van der Waals surface area contributed by atoms with Gasteiger partial charge in [-0.2, -0.15) is 18.3 Å². The standard InChI is InChI=1S/C9H9F3N2O2/c10-9(11,12)6(4-1-2-4)7-5(8(15)16)3-13-14-7/h3-4,6H,1-2H2,(H,13,14)(H,15,16). The zero-order chi connectivity index (χ0) is 11.9. The summed E-state index contributed by atoms with van der Waals surface area (Å²) >= 11 is 0. The summed E-state index contributed by atoms with van der Waals surface area (Å²) in [6.07, 6.45) is -2.52. The molecule has 2 rings (SSSR count). The molecule has 1 aliphatic carbocycles. The van der Waals surface area contributed by atoms with Crippen molar-refractivity contribution in [3.63, 3.8) is 0 Å². The fraction of sp³-hybridized carbons (Fsp3) is 0.556. The smallest absolute Gasteiger partial charge is 0.397 e. The molecule has 2 N–H and O–H groups in total. The molecule has 1 aliphatic rings. The molecule has 16 heavy (non-hydrogen) atoms. The summed E-state index contributed by atoms with van der Waals surface area (Å²) in [5.41, 5.74) is -0.795. The molecule has 0 aromatic carbocycles. The molecule has 4 nitrogen and oxygen atoms in total. The highest BCUT2D eigenvalue weighted by Gasteiger charge is 2.52. The predicted molar refractivity (Wildman–Crippen MR) is 47.1 cm³/mol. The van der Waals surface area contributed by atoms with Gasteiger partial charge in [-0.1, -0.05) is 0 Å².